The van der Waals surface area contributed by atoms with E-state index in [0.29, 0.717) is 5.41 Å². The Hall–Kier alpha value is -0.610. The van der Waals surface area contributed by atoms with E-state index >= 15 is 0 Å². The lowest BCUT2D eigenvalue weighted by molar-refractivity contribution is 0.173. The second-order valence-electron chi connectivity index (χ2n) is 5.12. The molecule has 0 bridgehead atoms. The summed E-state index contributed by atoms with van der Waals surface area (Å²) in [5.74, 6) is 0. The molecule has 3 nitrogen and oxygen atoms in total. The van der Waals surface area contributed by atoms with Crippen LogP contribution in [0, 0.1) is 5.41 Å². The number of aromatic nitrogens is 1. The zero-order valence-electron chi connectivity index (χ0n) is 9.61. The molecular weight excluding hydrogens is 218 g/mol. The highest BCUT2D eigenvalue weighted by atomic mass is 32.1. The first-order valence-corrected chi connectivity index (χ1v) is 7.11. The number of nitrogens with one attached hydrogen (secondary N) is 1. The van der Waals surface area contributed by atoms with Crippen molar-refractivity contribution in [3.05, 3.63) is 11.6 Å². The van der Waals surface area contributed by atoms with Crippen LogP contribution in [0.1, 0.15) is 25.7 Å². The van der Waals surface area contributed by atoms with Crippen molar-refractivity contribution in [3.63, 3.8) is 0 Å². The van der Waals surface area contributed by atoms with Crippen LogP contribution in [0.2, 0.25) is 0 Å². The fourth-order valence-corrected chi connectivity index (χ4v) is 3.79. The number of thiazole rings is 1. The first-order chi connectivity index (χ1) is 7.88. The molecule has 4 heteroatoms. The van der Waals surface area contributed by atoms with Crippen molar-refractivity contribution in [2.45, 2.75) is 25.7 Å². The van der Waals surface area contributed by atoms with Crippen LogP contribution in [0.3, 0.4) is 0 Å². The molecule has 1 unspecified atom stereocenters. The van der Waals surface area contributed by atoms with E-state index < -0.39 is 0 Å². The summed E-state index contributed by atoms with van der Waals surface area (Å²) in [7, 11) is 0. The summed E-state index contributed by atoms with van der Waals surface area (Å²) in [6.07, 6.45) is 7.36. The Morgan fingerprint density at radius 1 is 1.38 bits per heavy atom. The van der Waals surface area contributed by atoms with Crippen LogP contribution in [0.4, 0.5) is 5.13 Å². The van der Waals surface area contributed by atoms with Gasteiger partial charge in [0.15, 0.2) is 5.13 Å². The molecule has 2 fully saturated rings. The second-order valence-corrected chi connectivity index (χ2v) is 5.99. The van der Waals surface area contributed by atoms with Gasteiger partial charge in [0.25, 0.3) is 0 Å². The molecule has 1 atom stereocenters. The molecule has 0 amide bonds. The standard InChI is InChI=1S/C12H19N3S/c1-3-12(9-13-5-1)4-2-7-15(10-12)11-14-6-8-16-11/h6,8,13H,1-5,7,9-10H2. The first-order valence-electron chi connectivity index (χ1n) is 6.23. The molecule has 1 N–H and O–H groups in total. The molecule has 2 aliphatic rings. The fraction of sp³-hybridized carbons (Fsp3) is 0.750. The van der Waals surface area contributed by atoms with Gasteiger partial charge in [-0.3, -0.25) is 0 Å². The summed E-state index contributed by atoms with van der Waals surface area (Å²) < 4.78 is 0. The number of hydrogen-bond acceptors (Lipinski definition) is 4. The van der Waals surface area contributed by atoms with Crippen LogP contribution in [-0.4, -0.2) is 31.2 Å². The molecule has 88 valence electrons. The monoisotopic (exact) mass is 237 g/mol. The maximum Gasteiger partial charge on any atom is 0.185 e. The van der Waals surface area contributed by atoms with Crippen LogP contribution in [0.15, 0.2) is 11.6 Å². The van der Waals surface area contributed by atoms with E-state index in [4.69, 9.17) is 0 Å². The molecule has 3 rings (SSSR count). The minimum absolute atomic E-state index is 0.530. The summed E-state index contributed by atoms with van der Waals surface area (Å²) in [6, 6.07) is 0. The Kier molecular flexibility index (Phi) is 2.86. The van der Waals surface area contributed by atoms with Gasteiger partial charge in [-0.05, 0) is 32.2 Å². The van der Waals surface area contributed by atoms with Crippen molar-refractivity contribution >= 4 is 16.5 Å². The summed E-state index contributed by atoms with van der Waals surface area (Å²) in [6.45, 7) is 4.80. The van der Waals surface area contributed by atoms with E-state index in [0.717, 1.165) is 0 Å². The minimum atomic E-state index is 0.530. The van der Waals surface area contributed by atoms with E-state index in [-0.39, 0.29) is 0 Å². The first kappa shape index (κ1) is 10.5. The summed E-state index contributed by atoms with van der Waals surface area (Å²) in [5, 5.41) is 6.86. The van der Waals surface area contributed by atoms with E-state index in [1.807, 2.05) is 6.20 Å². The van der Waals surface area contributed by atoms with E-state index in [1.54, 1.807) is 11.3 Å². The van der Waals surface area contributed by atoms with Crippen molar-refractivity contribution in [3.8, 4) is 0 Å². The molecule has 0 aliphatic carbocycles. The van der Waals surface area contributed by atoms with Gasteiger partial charge in [0.1, 0.15) is 0 Å². The maximum absolute atomic E-state index is 4.44. The van der Waals surface area contributed by atoms with Gasteiger partial charge in [0.05, 0.1) is 0 Å². The Labute approximate surface area is 101 Å². The highest BCUT2D eigenvalue weighted by molar-refractivity contribution is 7.13. The van der Waals surface area contributed by atoms with Gasteiger partial charge in [-0.2, -0.15) is 0 Å². The highest BCUT2D eigenvalue weighted by Crippen LogP contribution is 2.37. The third-order valence-corrected chi connectivity index (χ3v) is 4.74. The number of rotatable bonds is 1. The van der Waals surface area contributed by atoms with E-state index in [2.05, 4.69) is 20.6 Å². The van der Waals surface area contributed by atoms with Gasteiger partial charge in [-0.15, -0.1) is 11.3 Å². The van der Waals surface area contributed by atoms with Crippen LogP contribution < -0.4 is 10.2 Å². The van der Waals surface area contributed by atoms with E-state index in [1.165, 1.54) is 57.0 Å². The molecule has 2 saturated heterocycles. The minimum Gasteiger partial charge on any atom is -0.347 e. The lowest BCUT2D eigenvalue weighted by Crippen LogP contribution is -2.51. The molecule has 0 radical (unpaired) electrons. The molecule has 1 spiro atoms. The number of nitrogens with zero attached hydrogens (tertiary/aromatic N) is 2. The fourth-order valence-electron chi connectivity index (χ4n) is 3.12. The van der Waals surface area contributed by atoms with Gasteiger partial charge in [0, 0.05) is 36.6 Å². The maximum atomic E-state index is 4.44. The quantitative estimate of drug-likeness (QED) is 0.811. The third kappa shape index (κ3) is 1.96. The van der Waals surface area contributed by atoms with Crippen molar-refractivity contribution in [1.29, 1.82) is 0 Å². The third-order valence-electron chi connectivity index (χ3n) is 3.91. The number of anilines is 1. The van der Waals surface area contributed by atoms with Crippen molar-refractivity contribution in [2.75, 3.05) is 31.1 Å². The molecular formula is C12H19N3S. The topological polar surface area (TPSA) is 28.2 Å². The largest absolute Gasteiger partial charge is 0.347 e. The average molecular weight is 237 g/mol. The van der Waals surface area contributed by atoms with Gasteiger partial charge in [0.2, 0.25) is 0 Å². The second kappa shape index (κ2) is 4.34. The van der Waals surface area contributed by atoms with E-state index in [9.17, 15) is 0 Å². The lowest BCUT2D eigenvalue weighted by atomic mass is 9.74. The SMILES string of the molecule is c1csc(N2CCCC3(CCCNC3)C2)n1. The smallest absolute Gasteiger partial charge is 0.185 e. The molecule has 16 heavy (non-hydrogen) atoms. The zero-order chi connectivity index (χ0) is 10.8. The predicted molar refractivity (Wildman–Crippen MR) is 68.1 cm³/mol. The predicted octanol–water partition coefficient (Wildman–Crippen LogP) is 2.11. The Morgan fingerprint density at radius 3 is 3.06 bits per heavy atom. The molecule has 0 aromatic carbocycles. The Bertz CT molecular complexity index is 325. The average Bonchev–Trinajstić information content (AvgIpc) is 2.83. The normalized spacial score (nSPS) is 30.9. The van der Waals surface area contributed by atoms with Gasteiger partial charge in [-0.25, -0.2) is 4.98 Å². The summed E-state index contributed by atoms with van der Waals surface area (Å²) >= 11 is 1.77. The molecule has 1 aromatic heterocycles. The number of hydrogen-bond donors (Lipinski definition) is 1. The molecule has 1 aromatic rings. The summed E-state index contributed by atoms with van der Waals surface area (Å²) in [5.41, 5.74) is 0.530. The highest BCUT2D eigenvalue weighted by Gasteiger charge is 2.37. The van der Waals surface area contributed by atoms with Gasteiger partial charge >= 0.3 is 0 Å². The van der Waals surface area contributed by atoms with Gasteiger partial charge < -0.3 is 10.2 Å². The molecule has 2 aliphatic heterocycles. The van der Waals surface area contributed by atoms with Crippen LogP contribution in [-0.2, 0) is 0 Å². The summed E-state index contributed by atoms with van der Waals surface area (Å²) in [4.78, 5) is 6.93. The van der Waals surface area contributed by atoms with Crippen LogP contribution in [0.25, 0.3) is 0 Å². The zero-order valence-corrected chi connectivity index (χ0v) is 10.4. The molecule has 0 saturated carbocycles. The van der Waals surface area contributed by atoms with Crippen molar-refractivity contribution < 1.29 is 0 Å². The number of piperidine rings is 2. The molecule has 3 heterocycles. The Morgan fingerprint density at radius 2 is 2.31 bits per heavy atom. The van der Waals surface area contributed by atoms with Crippen molar-refractivity contribution in [2.24, 2.45) is 5.41 Å². The lowest BCUT2D eigenvalue weighted by Gasteiger charge is -2.45. The Balaban J connectivity index is 1.74. The van der Waals surface area contributed by atoms with Crippen LogP contribution >= 0.6 is 11.3 Å². The van der Waals surface area contributed by atoms with Crippen LogP contribution in [0.5, 0.6) is 0 Å². The van der Waals surface area contributed by atoms with Gasteiger partial charge in [-0.1, -0.05) is 0 Å². The van der Waals surface area contributed by atoms with Crippen molar-refractivity contribution in [1.82, 2.24) is 10.3 Å².